The van der Waals surface area contributed by atoms with Gasteiger partial charge in [-0.3, -0.25) is 0 Å². The quantitative estimate of drug-likeness (QED) is 0.836. The molecule has 1 aromatic carbocycles. The molecule has 0 amide bonds. The second kappa shape index (κ2) is 6.67. The van der Waals surface area contributed by atoms with E-state index < -0.39 is 29.7 Å². The minimum atomic E-state index is -0.810. The maximum absolute atomic E-state index is 11.6. The van der Waals surface area contributed by atoms with Crippen molar-refractivity contribution in [2.75, 3.05) is 13.2 Å². The molecule has 2 heterocycles. The van der Waals surface area contributed by atoms with Crippen LogP contribution in [0.25, 0.3) is 6.08 Å². The van der Waals surface area contributed by atoms with Gasteiger partial charge >= 0.3 is 5.97 Å². The Balaban J connectivity index is 1.63. The van der Waals surface area contributed by atoms with Crippen LogP contribution in [0.5, 0.6) is 0 Å². The summed E-state index contributed by atoms with van der Waals surface area (Å²) in [4.78, 5) is 11.6. The molecule has 0 aromatic heterocycles. The third-order valence-electron chi connectivity index (χ3n) is 3.73. The van der Waals surface area contributed by atoms with Crippen LogP contribution < -0.4 is 0 Å². The van der Waals surface area contributed by atoms with Crippen molar-refractivity contribution in [3.8, 4) is 0 Å². The van der Waals surface area contributed by atoms with Crippen molar-refractivity contribution in [3.05, 3.63) is 53.5 Å². The molecule has 2 aliphatic heterocycles. The Morgan fingerprint density at radius 2 is 2.08 bits per heavy atom. The van der Waals surface area contributed by atoms with Crippen LogP contribution >= 0.6 is 0 Å². The van der Waals surface area contributed by atoms with Gasteiger partial charge in [0.05, 0.1) is 6.61 Å². The molecule has 3 rings (SSSR count). The highest BCUT2D eigenvalue weighted by atomic mass is 16.8. The largest absolute Gasteiger partial charge is 0.499 e. The fourth-order valence-electron chi connectivity index (χ4n) is 2.61. The maximum Gasteiger partial charge on any atom is 0.378 e. The summed E-state index contributed by atoms with van der Waals surface area (Å²) in [6, 6.07) is 9.74. The van der Waals surface area contributed by atoms with Gasteiger partial charge in [0, 0.05) is 0 Å². The van der Waals surface area contributed by atoms with Crippen LogP contribution in [0.4, 0.5) is 0 Å². The normalized spacial score (nSPS) is 26.2. The molecule has 6 heteroatoms. The van der Waals surface area contributed by atoms with Crippen LogP contribution in [0.3, 0.4) is 0 Å². The van der Waals surface area contributed by atoms with E-state index in [1.807, 2.05) is 36.4 Å². The van der Waals surface area contributed by atoms with Crippen molar-refractivity contribution in [3.63, 3.8) is 0 Å². The molecule has 1 aromatic rings. The first-order chi connectivity index (χ1) is 11.5. The molecule has 0 bridgehead atoms. The van der Waals surface area contributed by atoms with Crippen molar-refractivity contribution in [2.24, 2.45) is 0 Å². The summed E-state index contributed by atoms with van der Waals surface area (Å²) in [5.74, 6) is -1.99. The zero-order chi connectivity index (χ0) is 17.2. The highest BCUT2D eigenvalue weighted by Crippen LogP contribution is 2.32. The van der Waals surface area contributed by atoms with Gasteiger partial charge in [0.25, 0.3) is 0 Å². The van der Waals surface area contributed by atoms with E-state index in [1.54, 1.807) is 19.9 Å². The fourth-order valence-corrected chi connectivity index (χ4v) is 2.61. The monoisotopic (exact) mass is 332 g/mol. The first kappa shape index (κ1) is 16.5. The SMILES string of the molecule is CC1(C)OC[C@@H]([C@H]2OC(=O)C(O)=C2OC/C=C/c2ccccc2)O1. The second-order valence-electron chi connectivity index (χ2n) is 6.03. The van der Waals surface area contributed by atoms with Crippen molar-refractivity contribution < 1.29 is 28.8 Å². The number of ether oxygens (including phenoxy) is 4. The molecule has 0 unspecified atom stereocenters. The molecule has 2 aliphatic rings. The molecule has 0 saturated carbocycles. The van der Waals surface area contributed by atoms with Crippen molar-refractivity contribution in [1.82, 2.24) is 0 Å². The molecular weight excluding hydrogens is 312 g/mol. The zero-order valence-electron chi connectivity index (χ0n) is 13.6. The van der Waals surface area contributed by atoms with Crippen LogP contribution in [0, 0.1) is 0 Å². The fraction of sp³-hybridized carbons (Fsp3) is 0.389. The Hall–Kier alpha value is -2.31. The van der Waals surface area contributed by atoms with Crippen molar-refractivity contribution in [2.45, 2.75) is 31.8 Å². The van der Waals surface area contributed by atoms with E-state index in [0.717, 1.165) is 5.56 Å². The molecule has 128 valence electrons. The molecule has 6 nitrogen and oxygen atoms in total. The predicted octanol–water partition coefficient (Wildman–Crippen LogP) is 2.56. The molecule has 0 spiro atoms. The van der Waals surface area contributed by atoms with Crippen LogP contribution in [0.1, 0.15) is 19.4 Å². The number of carbonyl (C=O) groups is 1. The summed E-state index contributed by atoms with van der Waals surface area (Å²) in [6.07, 6.45) is 2.37. The number of esters is 1. The topological polar surface area (TPSA) is 74.2 Å². The Morgan fingerprint density at radius 1 is 1.33 bits per heavy atom. The lowest BCUT2D eigenvalue weighted by molar-refractivity contribution is -0.163. The van der Waals surface area contributed by atoms with Gasteiger partial charge in [-0.15, -0.1) is 0 Å². The number of benzene rings is 1. The molecule has 24 heavy (non-hydrogen) atoms. The average molecular weight is 332 g/mol. The molecule has 1 fully saturated rings. The number of rotatable bonds is 5. The highest BCUT2D eigenvalue weighted by Gasteiger charge is 2.47. The number of cyclic esters (lactones) is 1. The summed E-state index contributed by atoms with van der Waals surface area (Å²) in [5, 5.41) is 9.89. The molecule has 1 N–H and O–H groups in total. The minimum Gasteiger partial charge on any atom is -0.499 e. The lowest BCUT2D eigenvalue weighted by Gasteiger charge is -2.21. The van der Waals surface area contributed by atoms with E-state index in [2.05, 4.69) is 0 Å². The predicted molar refractivity (Wildman–Crippen MR) is 85.9 cm³/mol. The van der Waals surface area contributed by atoms with Gasteiger partial charge in [0.15, 0.2) is 17.7 Å². The molecule has 1 saturated heterocycles. The van der Waals surface area contributed by atoms with Crippen LogP contribution in [-0.4, -0.2) is 42.3 Å². The van der Waals surface area contributed by atoms with Crippen LogP contribution in [0.15, 0.2) is 47.9 Å². The second-order valence-corrected chi connectivity index (χ2v) is 6.03. The third-order valence-corrected chi connectivity index (χ3v) is 3.73. The van der Waals surface area contributed by atoms with Crippen LogP contribution in [-0.2, 0) is 23.7 Å². The maximum atomic E-state index is 11.6. The average Bonchev–Trinajstić information content (AvgIpc) is 3.06. The van der Waals surface area contributed by atoms with Gasteiger partial charge in [-0.1, -0.05) is 36.4 Å². The van der Waals surface area contributed by atoms with Crippen LogP contribution in [0.2, 0.25) is 0 Å². The Labute approximate surface area is 140 Å². The number of hydrogen-bond donors (Lipinski definition) is 1. The first-order valence-electron chi connectivity index (χ1n) is 7.76. The number of hydrogen-bond acceptors (Lipinski definition) is 6. The summed E-state index contributed by atoms with van der Waals surface area (Å²) in [6.45, 7) is 4.00. The first-order valence-corrected chi connectivity index (χ1v) is 7.76. The zero-order valence-corrected chi connectivity index (χ0v) is 13.6. The van der Waals surface area contributed by atoms with E-state index >= 15 is 0 Å². The lowest BCUT2D eigenvalue weighted by atomic mass is 10.2. The minimum absolute atomic E-state index is 0.0870. The Kier molecular flexibility index (Phi) is 4.59. The van der Waals surface area contributed by atoms with Gasteiger partial charge in [0.2, 0.25) is 5.76 Å². The van der Waals surface area contributed by atoms with Gasteiger partial charge in [0.1, 0.15) is 12.7 Å². The van der Waals surface area contributed by atoms with E-state index in [1.165, 1.54) is 0 Å². The van der Waals surface area contributed by atoms with Gasteiger partial charge in [-0.2, -0.15) is 0 Å². The van der Waals surface area contributed by atoms with Gasteiger partial charge < -0.3 is 24.1 Å². The highest BCUT2D eigenvalue weighted by molar-refractivity contribution is 5.89. The lowest BCUT2D eigenvalue weighted by Crippen LogP contribution is -2.33. The Bertz CT molecular complexity index is 661. The van der Waals surface area contributed by atoms with Crippen molar-refractivity contribution >= 4 is 12.0 Å². The molecular formula is C18H20O6. The summed E-state index contributed by atoms with van der Waals surface area (Å²) < 4.78 is 21.9. The van der Waals surface area contributed by atoms with E-state index in [4.69, 9.17) is 18.9 Å². The standard InChI is InChI=1S/C18H20O6/c1-18(2)22-11-13(24-18)15-16(14(19)17(20)23-15)21-10-6-9-12-7-4-3-5-8-12/h3-9,13,15,19H,10-11H2,1-2H3/b9-6+/t13-,15+/m0/s1. The van der Waals surface area contributed by atoms with Gasteiger partial charge in [-0.25, -0.2) is 4.79 Å². The van der Waals surface area contributed by atoms with E-state index in [9.17, 15) is 9.90 Å². The summed E-state index contributed by atoms with van der Waals surface area (Å²) in [5.41, 5.74) is 1.03. The molecule has 0 radical (unpaired) electrons. The van der Waals surface area contributed by atoms with Crippen molar-refractivity contribution in [1.29, 1.82) is 0 Å². The smallest absolute Gasteiger partial charge is 0.378 e. The Morgan fingerprint density at radius 3 is 2.75 bits per heavy atom. The number of aliphatic hydroxyl groups excluding tert-OH is 1. The molecule has 0 aliphatic carbocycles. The number of carbonyl (C=O) groups excluding carboxylic acids is 1. The van der Waals surface area contributed by atoms with E-state index in [-0.39, 0.29) is 19.0 Å². The number of aliphatic hydroxyl groups is 1. The van der Waals surface area contributed by atoms with Gasteiger partial charge in [-0.05, 0) is 25.5 Å². The molecule has 2 atom stereocenters. The summed E-state index contributed by atoms with van der Waals surface area (Å²) >= 11 is 0. The van der Waals surface area contributed by atoms with E-state index in [0.29, 0.717) is 0 Å². The third kappa shape index (κ3) is 3.60. The summed E-state index contributed by atoms with van der Waals surface area (Å²) in [7, 11) is 0.